The van der Waals surface area contributed by atoms with E-state index in [1.807, 2.05) is 0 Å². The second kappa shape index (κ2) is 13.5. The van der Waals surface area contributed by atoms with Gasteiger partial charge in [-0.1, -0.05) is 0 Å². The quantitative estimate of drug-likeness (QED) is 0.261. The van der Waals surface area contributed by atoms with E-state index < -0.39 is 55.2 Å². The zero-order valence-corrected chi connectivity index (χ0v) is 21.2. The number of aromatic nitrogens is 3. The molecule has 12 nitrogen and oxygen atoms in total. The van der Waals surface area contributed by atoms with E-state index >= 15 is 0 Å². The number of pyridine rings is 3. The molecular formula is C27H27N3O9. The Labute approximate surface area is 224 Å². The van der Waals surface area contributed by atoms with Gasteiger partial charge in [-0.2, -0.15) is 0 Å². The van der Waals surface area contributed by atoms with Crippen molar-refractivity contribution >= 4 is 17.9 Å². The van der Waals surface area contributed by atoms with Crippen molar-refractivity contribution in [3.63, 3.8) is 0 Å². The van der Waals surface area contributed by atoms with E-state index in [0.29, 0.717) is 0 Å². The van der Waals surface area contributed by atoms with Crippen LogP contribution in [0.3, 0.4) is 0 Å². The van der Waals surface area contributed by atoms with Crippen molar-refractivity contribution in [3.05, 3.63) is 90.3 Å². The monoisotopic (exact) mass is 537 g/mol. The molecule has 3 aromatic heterocycles. The molecule has 1 aliphatic heterocycles. The van der Waals surface area contributed by atoms with Crippen molar-refractivity contribution in [2.45, 2.75) is 37.6 Å². The third-order valence-electron chi connectivity index (χ3n) is 5.75. The van der Waals surface area contributed by atoms with Gasteiger partial charge in [0.1, 0.15) is 18.8 Å². The summed E-state index contributed by atoms with van der Waals surface area (Å²) >= 11 is 0. The first-order valence-electron chi connectivity index (χ1n) is 12.1. The van der Waals surface area contributed by atoms with Crippen molar-refractivity contribution in [3.8, 4) is 0 Å². The predicted octanol–water partition coefficient (Wildman–Crippen LogP) is 2.26. The van der Waals surface area contributed by atoms with E-state index in [1.54, 1.807) is 25.1 Å². The topological polar surface area (TPSA) is 145 Å². The molecule has 0 radical (unpaired) electrons. The predicted molar refractivity (Wildman–Crippen MR) is 132 cm³/mol. The third kappa shape index (κ3) is 6.99. The van der Waals surface area contributed by atoms with Gasteiger partial charge in [-0.25, -0.2) is 14.4 Å². The Morgan fingerprint density at radius 1 is 0.846 bits per heavy atom. The highest BCUT2D eigenvalue weighted by molar-refractivity contribution is 5.90. The fourth-order valence-electron chi connectivity index (χ4n) is 3.91. The lowest BCUT2D eigenvalue weighted by Gasteiger charge is -2.28. The molecule has 3 aromatic rings. The summed E-state index contributed by atoms with van der Waals surface area (Å²) in [6, 6.07) is 9.34. The van der Waals surface area contributed by atoms with Gasteiger partial charge < -0.3 is 28.4 Å². The Kier molecular flexibility index (Phi) is 9.62. The van der Waals surface area contributed by atoms with Crippen molar-refractivity contribution in [2.75, 3.05) is 20.3 Å². The zero-order valence-electron chi connectivity index (χ0n) is 21.2. The number of methoxy groups -OCH3 is 1. The Hall–Kier alpha value is -4.26. The number of hydrogen-bond donors (Lipinski definition) is 0. The maximum absolute atomic E-state index is 13.0. The molecule has 0 aromatic carbocycles. The molecule has 4 heterocycles. The van der Waals surface area contributed by atoms with Crippen LogP contribution in [0.5, 0.6) is 0 Å². The molecule has 1 aliphatic rings. The molecule has 0 saturated carbocycles. The molecule has 1 saturated heterocycles. The van der Waals surface area contributed by atoms with Crippen molar-refractivity contribution in [2.24, 2.45) is 0 Å². The van der Waals surface area contributed by atoms with Crippen LogP contribution >= 0.6 is 0 Å². The second-order valence-corrected chi connectivity index (χ2v) is 8.26. The smallest absolute Gasteiger partial charge is 0.340 e. The van der Waals surface area contributed by atoms with Crippen LogP contribution in [-0.2, 0) is 28.4 Å². The highest BCUT2D eigenvalue weighted by atomic mass is 16.7. The fourth-order valence-corrected chi connectivity index (χ4v) is 3.91. The summed E-state index contributed by atoms with van der Waals surface area (Å²) in [4.78, 5) is 50.4. The molecule has 12 heteroatoms. The number of rotatable bonds is 11. The van der Waals surface area contributed by atoms with E-state index in [1.165, 1.54) is 62.5 Å². The van der Waals surface area contributed by atoms with E-state index in [4.69, 9.17) is 28.4 Å². The number of nitrogens with zero attached hydrogens (tertiary/aromatic N) is 3. The summed E-state index contributed by atoms with van der Waals surface area (Å²) in [5, 5.41) is 0. The number of hydrogen-bond acceptors (Lipinski definition) is 12. The van der Waals surface area contributed by atoms with Crippen LogP contribution in [0.2, 0.25) is 0 Å². The number of carbonyl (C=O) groups excluding carboxylic acids is 3. The Bertz CT molecular complexity index is 1230. The van der Waals surface area contributed by atoms with Crippen LogP contribution in [-0.4, -0.2) is 83.9 Å². The number of ether oxygens (including phenoxy) is 6. The first-order valence-corrected chi connectivity index (χ1v) is 12.1. The van der Waals surface area contributed by atoms with E-state index in [-0.39, 0.29) is 23.3 Å². The standard InChI is InChI=1S/C27H27N3O9/c1-3-35-27-23(34-2)22(38-26(33)19-9-6-12-30-15-19)21(39-27)20(37-25(32)18-8-5-11-29-14-18)16-36-24(31)17-7-4-10-28-13-17/h4-15,20-23,27H,3,16H2,1-2H3/t20-,21-,22+,23-,27?/m1/s1. The van der Waals surface area contributed by atoms with E-state index in [2.05, 4.69) is 15.0 Å². The zero-order chi connectivity index (χ0) is 27.6. The summed E-state index contributed by atoms with van der Waals surface area (Å²) in [5.41, 5.74) is 0.550. The maximum atomic E-state index is 13.0. The molecule has 0 bridgehead atoms. The summed E-state index contributed by atoms with van der Waals surface area (Å²) in [6.07, 6.45) is 3.25. The lowest BCUT2D eigenvalue weighted by Crippen LogP contribution is -2.46. The van der Waals surface area contributed by atoms with Crippen LogP contribution in [0.25, 0.3) is 0 Å². The lowest BCUT2D eigenvalue weighted by atomic mass is 10.1. The van der Waals surface area contributed by atoms with E-state index in [9.17, 15) is 14.4 Å². The van der Waals surface area contributed by atoms with Gasteiger partial charge in [0, 0.05) is 50.9 Å². The minimum atomic E-state index is -1.23. The molecule has 1 unspecified atom stereocenters. The minimum Gasteiger partial charge on any atom is -0.458 e. The first-order chi connectivity index (χ1) is 19.0. The molecule has 4 rings (SSSR count). The first kappa shape index (κ1) is 27.8. The van der Waals surface area contributed by atoms with Gasteiger partial charge in [0.25, 0.3) is 0 Å². The summed E-state index contributed by atoms with van der Waals surface area (Å²) < 4.78 is 34.3. The van der Waals surface area contributed by atoms with E-state index in [0.717, 1.165) is 0 Å². The van der Waals surface area contributed by atoms with Crippen molar-refractivity contribution in [1.82, 2.24) is 15.0 Å². The van der Waals surface area contributed by atoms with Crippen LogP contribution in [0.15, 0.2) is 73.6 Å². The molecule has 0 aliphatic carbocycles. The second-order valence-electron chi connectivity index (χ2n) is 8.26. The van der Waals surface area contributed by atoms with Crippen LogP contribution < -0.4 is 0 Å². The largest absolute Gasteiger partial charge is 0.458 e. The molecule has 204 valence electrons. The minimum absolute atomic E-state index is 0.160. The number of carbonyl (C=O) groups is 3. The normalized spacial score (nSPS) is 21.1. The number of esters is 3. The van der Waals surface area contributed by atoms with Gasteiger partial charge in [0.2, 0.25) is 0 Å². The SMILES string of the molecule is CCOC1O[C@H]([C@@H](COC(=O)c2cccnc2)OC(=O)c2cccnc2)[C@H](OC(=O)c2cccnc2)[C@H]1OC. The Morgan fingerprint density at radius 3 is 1.92 bits per heavy atom. The molecule has 1 fully saturated rings. The van der Waals surface area contributed by atoms with Crippen molar-refractivity contribution in [1.29, 1.82) is 0 Å². The van der Waals surface area contributed by atoms with Crippen molar-refractivity contribution < 1.29 is 42.8 Å². The van der Waals surface area contributed by atoms with Gasteiger partial charge in [-0.05, 0) is 43.3 Å². The highest BCUT2D eigenvalue weighted by Crippen LogP contribution is 2.31. The molecule has 0 spiro atoms. The van der Waals surface area contributed by atoms with Gasteiger partial charge >= 0.3 is 17.9 Å². The Balaban J connectivity index is 1.62. The van der Waals surface area contributed by atoms with Crippen LogP contribution in [0.4, 0.5) is 0 Å². The van der Waals surface area contributed by atoms with Gasteiger partial charge in [-0.3, -0.25) is 15.0 Å². The highest BCUT2D eigenvalue weighted by Gasteiger charge is 2.53. The fraction of sp³-hybridized carbons (Fsp3) is 0.333. The van der Waals surface area contributed by atoms with Gasteiger partial charge in [0.15, 0.2) is 18.5 Å². The summed E-state index contributed by atoms with van der Waals surface area (Å²) in [6.45, 7) is 1.59. The molecule has 0 N–H and O–H groups in total. The molecule has 5 atom stereocenters. The molecular weight excluding hydrogens is 510 g/mol. The van der Waals surface area contributed by atoms with Crippen LogP contribution in [0.1, 0.15) is 38.0 Å². The Morgan fingerprint density at radius 2 is 1.41 bits per heavy atom. The average Bonchev–Trinajstić information content (AvgIpc) is 3.32. The van der Waals surface area contributed by atoms with Gasteiger partial charge in [0.05, 0.1) is 16.7 Å². The van der Waals surface area contributed by atoms with Gasteiger partial charge in [-0.15, -0.1) is 0 Å². The average molecular weight is 538 g/mol. The maximum Gasteiger partial charge on any atom is 0.340 e. The molecule has 0 amide bonds. The third-order valence-corrected chi connectivity index (χ3v) is 5.75. The summed E-state index contributed by atoms with van der Waals surface area (Å²) in [5.74, 6) is -2.15. The lowest BCUT2D eigenvalue weighted by molar-refractivity contribution is -0.182. The summed E-state index contributed by atoms with van der Waals surface area (Å²) in [7, 11) is 1.41. The van der Waals surface area contributed by atoms with Crippen LogP contribution in [0, 0.1) is 0 Å². The molecule has 39 heavy (non-hydrogen) atoms.